The van der Waals surface area contributed by atoms with Crippen LogP contribution >= 0.6 is 11.3 Å². The summed E-state index contributed by atoms with van der Waals surface area (Å²) in [5, 5.41) is 5.75. The third-order valence-corrected chi connectivity index (χ3v) is 5.07. The molecule has 0 radical (unpaired) electrons. The van der Waals surface area contributed by atoms with Crippen molar-refractivity contribution in [3.05, 3.63) is 42.0 Å². The van der Waals surface area contributed by atoms with E-state index >= 15 is 0 Å². The van der Waals surface area contributed by atoms with E-state index in [9.17, 15) is 9.59 Å². The van der Waals surface area contributed by atoms with Crippen LogP contribution in [-0.2, 0) is 4.79 Å². The molecule has 1 aliphatic rings. The van der Waals surface area contributed by atoms with Gasteiger partial charge < -0.3 is 24.8 Å². The van der Waals surface area contributed by atoms with Crippen LogP contribution in [0, 0.1) is 0 Å². The molecule has 0 saturated carbocycles. The molecule has 0 fully saturated rings. The largest absolute Gasteiger partial charge is 0.493 e. The number of nitrogens with zero attached hydrogens (tertiary/aromatic N) is 1. The summed E-state index contributed by atoms with van der Waals surface area (Å²) in [6, 6.07) is 10.5. The number of rotatable bonds is 6. The van der Waals surface area contributed by atoms with E-state index in [-0.39, 0.29) is 18.4 Å². The van der Waals surface area contributed by atoms with Gasteiger partial charge in [0, 0.05) is 12.1 Å². The first-order valence-corrected chi connectivity index (χ1v) is 9.95. The molecule has 150 valence electrons. The van der Waals surface area contributed by atoms with Crippen molar-refractivity contribution in [2.75, 3.05) is 31.7 Å². The Kier molecular flexibility index (Phi) is 5.48. The Morgan fingerprint density at radius 1 is 1.17 bits per heavy atom. The van der Waals surface area contributed by atoms with E-state index in [0.717, 1.165) is 4.70 Å². The molecule has 2 heterocycles. The molecule has 0 unspecified atom stereocenters. The lowest BCUT2D eigenvalue weighted by Gasteiger charge is -2.17. The molecule has 29 heavy (non-hydrogen) atoms. The van der Waals surface area contributed by atoms with Gasteiger partial charge in [0.2, 0.25) is 5.91 Å². The number of amides is 2. The minimum Gasteiger partial charge on any atom is -0.493 e. The van der Waals surface area contributed by atoms with Gasteiger partial charge in [0.25, 0.3) is 5.91 Å². The summed E-state index contributed by atoms with van der Waals surface area (Å²) in [5.74, 6) is 1.05. The molecule has 0 atom stereocenters. The zero-order chi connectivity index (χ0) is 20.2. The minimum atomic E-state index is -0.379. The summed E-state index contributed by atoms with van der Waals surface area (Å²) < 4.78 is 17.4. The maximum atomic E-state index is 12.4. The summed E-state index contributed by atoms with van der Waals surface area (Å²) in [6.07, 6.45) is 0. The van der Waals surface area contributed by atoms with Crippen LogP contribution in [0.3, 0.4) is 0 Å². The number of aromatic nitrogens is 1. The Morgan fingerprint density at radius 2 is 1.93 bits per heavy atom. The number of hydrogen-bond donors (Lipinski definition) is 2. The number of ether oxygens (including phenoxy) is 3. The number of para-hydroxylation sites is 1. The second-order valence-corrected chi connectivity index (χ2v) is 7.17. The van der Waals surface area contributed by atoms with Crippen LogP contribution in [0.1, 0.15) is 17.3 Å². The Labute approximate surface area is 170 Å². The third-order valence-electron chi connectivity index (χ3n) is 4.14. The summed E-state index contributed by atoms with van der Waals surface area (Å²) >= 11 is 1.33. The van der Waals surface area contributed by atoms with Crippen LogP contribution in [0.25, 0.3) is 10.2 Å². The van der Waals surface area contributed by atoms with E-state index in [2.05, 4.69) is 15.6 Å². The Morgan fingerprint density at radius 3 is 2.72 bits per heavy atom. The van der Waals surface area contributed by atoms with Crippen molar-refractivity contribution >= 4 is 38.5 Å². The van der Waals surface area contributed by atoms with Crippen molar-refractivity contribution in [3.63, 3.8) is 0 Å². The molecule has 2 N–H and O–H groups in total. The van der Waals surface area contributed by atoms with Gasteiger partial charge in [-0.2, -0.15) is 0 Å². The second kappa shape index (κ2) is 8.36. The fourth-order valence-corrected chi connectivity index (χ4v) is 3.77. The molecule has 3 aromatic rings. The highest BCUT2D eigenvalue weighted by Gasteiger charge is 2.17. The monoisotopic (exact) mass is 413 g/mol. The van der Waals surface area contributed by atoms with Gasteiger partial charge in [-0.15, -0.1) is 0 Å². The summed E-state index contributed by atoms with van der Waals surface area (Å²) in [6.45, 7) is 3.11. The molecular formula is C20H19N3O5S. The predicted octanol–water partition coefficient (Wildman–Crippen LogP) is 2.83. The lowest BCUT2D eigenvalue weighted by atomic mass is 10.2. The van der Waals surface area contributed by atoms with E-state index in [1.807, 2.05) is 13.0 Å². The van der Waals surface area contributed by atoms with Gasteiger partial charge in [-0.05, 0) is 19.1 Å². The van der Waals surface area contributed by atoms with Gasteiger partial charge in [0.15, 0.2) is 16.6 Å². The van der Waals surface area contributed by atoms with Crippen molar-refractivity contribution in [1.82, 2.24) is 10.3 Å². The summed E-state index contributed by atoms with van der Waals surface area (Å²) in [7, 11) is 0. The van der Waals surface area contributed by atoms with Gasteiger partial charge >= 0.3 is 0 Å². The van der Waals surface area contributed by atoms with Crippen molar-refractivity contribution in [3.8, 4) is 17.2 Å². The van der Waals surface area contributed by atoms with Crippen LogP contribution in [0.4, 0.5) is 5.13 Å². The van der Waals surface area contributed by atoms with Crippen molar-refractivity contribution in [2.24, 2.45) is 0 Å². The van der Waals surface area contributed by atoms with Crippen LogP contribution in [0.5, 0.6) is 17.2 Å². The first kappa shape index (κ1) is 19.0. The van der Waals surface area contributed by atoms with E-state index in [0.29, 0.717) is 53.3 Å². The minimum absolute atomic E-state index is 0.183. The molecule has 2 amide bonds. The van der Waals surface area contributed by atoms with Crippen molar-refractivity contribution < 1.29 is 23.8 Å². The van der Waals surface area contributed by atoms with E-state index in [1.165, 1.54) is 11.3 Å². The second-order valence-electron chi connectivity index (χ2n) is 6.14. The van der Waals surface area contributed by atoms with Crippen LogP contribution in [0.15, 0.2) is 36.4 Å². The Balaban J connectivity index is 1.39. The molecule has 8 nitrogen and oxygen atoms in total. The molecule has 9 heteroatoms. The van der Waals surface area contributed by atoms with Crippen LogP contribution in [0.2, 0.25) is 0 Å². The van der Waals surface area contributed by atoms with Gasteiger partial charge in [-0.3, -0.25) is 9.59 Å². The number of carbonyl (C=O) groups is 2. The SMILES string of the molecule is CCOc1ccccc1C(=O)NCC(=O)Nc1nc2cc3c(cc2s1)OCCO3. The number of nitrogens with one attached hydrogen (secondary N) is 2. The molecule has 1 aliphatic heterocycles. The first-order chi connectivity index (χ1) is 14.1. The van der Waals surface area contributed by atoms with E-state index in [1.54, 1.807) is 30.3 Å². The lowest BCUT2D eigenvalue weighted by Crippen LogP contribution is -2.33. The van der Waals surface area contributed by atoms with E-state index < -0.39 is 0 Å². The Hall–Kier alpha value is -3.33. The fraction of sp³-hybridized carbons (Fsp3) is 0.250. The first-order valence-electron chi connectivity index (χ1n) is 9.14. The molecule has 4 rings (SSSR count). The number of benzene rings is 2. The quantitative estimate of drug-likeness (QED) is 0.645. The zero-order valence-electron chi connectivity index (χ0n) is 15.7. The van der Waals surface area contributed by atoms with Gasteiger partial charge in [-0.25, -0.2) is 4.98 Å². The fourth-order valence-electron chi connectivity index (χ4n) is 2.87. The highest BCUT2D eigenvalue weighted by molar-refractivity contribution is 7.22. The standard InChI is InChI=1S/C20H19N3O5S/c1-2-26-14-6-4-3-5-12(14)19(25)21-11-18(24)23-20-22-13-9-15-16(10-17(13)29-20)28-8-7-27-15/h3-6,9-10H,2,7-8,11H2,1H3,(H,21,25)(H,22,23,24). The molecule has 0 aliphatic carbocycles. The summed E-state index contributed by atoms with van der Waals surface area (Å²) in [4.78, 5) is 29.0. The van der Waals surface area contributed by atoms with Gasteiger partial charge in [0.05, 0.1) is 28.9 Å². The van der Waals surface area contributed by atoms with Crippen LogP contribution in [-0.4, -0.2) is 43.2 Å². The number of carbonyl (C=O) groups excluding carboxylic acids is 2. The zero-order valence-corrected chi connectivity index (χ0v) is 16.5. The highest BCUT2D eigenvalue weighted by atomic mass is 32.1. The van der Waals surface area contributed by atoms with E-state index in [4.69, 9.17) is 14.2 Å². The number of hydrogen-bond acceptors (Lipinski definition) is 7. The lowest BCUT2D eigenvalue weighted by molar-refractivity contribution is -0.115. The number of anilines is 1. The molecule has 1 aromatic heterocycles. The normalized spacial score (nSPS) is 12.4. The molecule has 2 aromatic carbocycles. The van der Waals surface area contributed by atoms with Crippen LogP contribution < -0.4 is 24.8 Å². The average molecular weight is 413 g/mol. The number of thiazole rings is 1. The van der Waals surface area contributed by atoms with Gasteiger partial charge in [-0.1, -0.05) is 23.5 Å². The summed E-state index contributed by atoms with van der Waals surface area (Å²) in [5.41, 5.74) is 1.09. The Bertz CT molecular complexity index is 1020. The maximum absolute atomic E-state index is 12.4. The average Bonchev–Trinajstić information content (AvgIpc) is 3.11. The number of fused-ring (bicyclic) bond motifs is 2. The van der Waals surface area contributed by atoms with Crippen molar-refractivity contribution in [1.29, 1.82) is 0 Å². The molecule has 0 bridgehead atoms. The molecular weight excluding hydrogens is 394 g/mol. The maximum Gasteiger partial charge on any atom is 0.255 e. The topological polar surface area (TPSA) is 98.8 Å². The smallest absolute Gasteiger partial charge is 0.255 e. The van der Waals surface area contributed by atoms with Gasteiger partial charge in [0.1, 0.15) is 19.0 Å². The predicted molar refractivity (Wildman–Crippen MR) is 109 cm³/mol. The third kappa shape index (κ3) is 4.24. The van der Waals surface area contributed by atoms with Crippen molar-refractivity contribution in [2.45, 2.75) is 6.92 Å². The highest BCUT2D eigenvalue weighted by Crippen LogP contribution is 2.37. The molecule has 0 saturated heterocycles. The molecule has 0 spiro atoms.